The highest BCUT2D eigenvalue weighted by molar-refractivity contribution is 5.94. The van der Waals surface area contributed by atoms with Crippen molar-refractivity contribution in [1.82, 2.24) is 9.80 Å². The summed E-state index contributed by atoms with van der Waals surface area (Å²) in [6.45, 7) is 2.67. The Balaban J connectivity index is 1.35. The number of furan rings is 1. The Morgan fingerprint density at radius 2 is 1.70 bits per heavy atom. The van der Waals surface area contributed by atoms with Crippen LogP contribution in [0.1, 0.15) is 47.5 Å². The lowest BCUT2D eigenvalue weighted by Crippen LogP contribution is -2.44. The van der Waals surface area contributed by atoms with Gasteiger partial charge in [-0.2, -0.15) is 13.2 Å². The number of likely N-dealkylation sites (tertiary alicyclic amines) is 1. The topological polar surface area (TPSA) is 53.8 Å². The Labute approximate surface area is 189 Å². The van der Waals surface area contributed by atoms with Crippen molar-refractivity contribution < 1.29 is 27.2 Å². The van der Waals surface area contributed by atoms with E-state index in [4.69, 9.17) is 4.42 Å². The maximum absolute atomic E-state index is 13.1. The Morgan fingerprint density at radius 3 is 2.30 bits per heavy atom. The van der Waals surface area contributed by atoms with Crippen molar-refractivity contribution in [2.75, 3.05) is 20.1 Å². The quantitative estimate of drug-likeness (QED) is 0.517. The normalized spacial score (nSPS) is 16.1. The first-order chi connectivity index (χ1) is 15.6. The van der Waals surface area contributed by atoms with Crippen LogP contribution >= 0.6 is 0 Å². The van der Waals surface area contributed by atoms with Crippen LogP contribution in [-0.4, -0.2) is 41.8 Å². The van der Waals surface area contributed by atoms with E-state index >= 15 is 0 Å². The molecule has 2 heterocycles. The number of nitrogens with zero attached hydrogens (tertiary/aromatic N) is 2. The summed E-state index contributed by atoms with van der Waals surface area (Å²) in [4.78, 5) is 29.0. The summed E-state index contributed by atoms with van der Waals surface area (Å²) >= 11 is 0. The van der Waals surface area contributed by atoms with E-state index in [0.29, 0.717) is 31.7 Å². The first kappa shape index (κ1) is 22.9. The van der Waals surface area contributed by atoms with Gasteiger partial charge < -0.3 is 14.2 Å². The number of amides is 2. The van der Waals surface area contributed by atoms with Crippen molar-refractivity contribution in [2.24, 2.45) is 5.92 Å². The van der Waals surface area contributed by atoms with Crippen molar-refractivity contribution in [3.63, 3.8) is 0 Å². The van der Waals surface area contributed by atoms with E-state index in [9.17, 15) is 22.8 Å². The summed E-state index contributed by atoms with van der Waals surface area (Å²) in [5.74, 6) is 0.156. The van der Waals surface area contributed by atoms with Crippen molar-refractivity contribution >= 4 is 22.8 Å². The zero-order chi connectivity index (χ0) is 23.8. The van der Waals surface area contributed by atoms with E-state index in [1.807, 2.05) is 37.3 Å². The van der Waals surface area contributed by atoms with Crippen LogP contribution in [-0.2, 0) is 11.0 Å². The number of benzene rings is 2. The van der Waals surface area contributed by atoms with Gasteiger partial charge in [-0.15, -0.1) is 0 Å². The molecule has 1 saturated heterocycles. The molecule has 0 aliphatic carbocycles. The van der Waals surface area contributed by atoms with Crippen LogP contribution in [0.25, 0.3) is 11.0 Å². The van der Waals surface area contributed by atoms with Gasteiger partial charge in [0, 0.05) is 37.0 Å². The molecule has 1 aliphatic heterocycles. The monoisotopic (exact) mass is 458 g/mol. The molecule has 0 N–H and O–H groups in total. The van der Waals surface area contributed by atoms with Crippen LogP contribution in [0, 0.1) is 5.92 Å². The van der Waals surface area contributed by atoms with Gasteiger partial charge in [0.2, 0.25) is 5.91 Å². The van der Waals surface area contributed by atoms with Gasteiger partial charge in [-0.3, -0.25) is 9.59 Å². The maximum atomic E-state index is 13.1. The van der Waals surface area contributed by atoms with Gasteiger partial charge in [0.05, 0.1) is 11.6 Å². The predicted molar refractivity (Wildman–Crippen MR) is 117 cm³/mol. The van der Waals surface area contributed by atoms with Gasteiger partial charge in [-0.1, -0.05) is 18.2 Å². The Bertz CT molecular complexity index is 1110. The first-order valence-corrected chi connectivity index (χ1v) is 10.9. The zero-order valence-corrected chi connectivity index (χ0v) is 18.4. The molecule has 0 spiro atoms. The van der Waals surface area contributed by atoms with Gasteiger partial charge in [0.25, 0.3) is 5.91 Å². The van der Waals surface area contributed by atoms with Gasteiger partial charge in [0.15, 0.2) is 0 Å². The largest absolute Gasteiger partial charge is 0.459 e. The van der Waals surface area contributed by atoms with E-state index in [1.54, 1.807) is 16.8 Å². The molecule has 1 aliphatic rings. The standard InChI is InChI=1S/C25H25F3N2O3/c1-16(22-15-19-5-3-4-6-21(19)33-22)29(2)23(31)18-11-13-30(14-12-18)24(32)17-7-9-20(10-8-17)25(26,27)28/h3-10,15-16,18H,11-14H2,1-2H3. The minimum atomic E-state index is -4.44. The highest BCUT2D eigenvalue weighted by atomic mass is 19.4. The average Bonchev–Trinajstić information content (AvgIpc) is 3.26. The molecule has 0 bridgehead atoms. The van der Waals surface area contributed by atoms with E-state index in [1.165, 1.54) is 12.1 Å². The second kappa shape index (κ2) is 8.92. The van der Waals surface area contributed by atoms with Crippen molar-refractivity contribution in [2.45, 2.75) is 32.0 Å². The lowest BCUT2D eigenvalue weighted by molar-refractivity contribution is -0.138. The van der Waals surface area contributed by atoms with Crippen molar-refractivity contribution in [1.29, 1.82) is 0 Å². The summed E-state index contributed by atoms with van der Waals surface area (Å²) in [5, 5.41) is 0.982. The molecular weight excluding hydrogens is 433 g/mol. The molecule has 1 aromatic heterocycles. The number of rotatable bonds is 4. The molecule has 174 valence electrons. The molecular formula is C25H25F3N2O3. The number of para-hydroxylation sites is 1. The van der Waals surface area contributed by atoms with Gasteiger partial charge in [0.1, 0.15) is 11.3 Å². The molecule has 3 aromatic rings. The summed E-state index contributed by atoms with van der Waals surface area (Å²) in [7, 11) is 1.75. The fraction of sp³-hybridized carbons (Fsp3) is 0.360. The number of hydrogen-bond donors (Lipinski definition) is 0. The van der Waals surface area contributed by atoms with Crippen LogP contribution in [0.15, 0.2) is 59.0 Å². The fourth-order valence-corrected chi connectivity index (χ4v) is 4.19. The van der Waals surface area contributed by atoms with E-state index in [0.717, 1.165) is 23.1 Å². The van der Waals surface area contributed by atoms with Crippen LogP contribution < -0.4 is 0 Å². The number of fused-ring (bicyclic) bond motifs is 1. The Kier molecular flexibility index (Phi) is 6.19. The minimum Gasteiger partial charge on any atom is -0.459 e. The molecule has 4 rings (SSSR count). The summed E-state index contributed by atoms with van der Waals surface area (Å²) < 4.78 is 44.1. The van der Waals surface area contributed by atoms with Crippen LogP contribution in [0.3, 0.4) is 0 Å². The van der Waals surface area contributed by atoms with E-state index in [-0.39, 0.29) is 29.3 Å². The van der Waals surface area contributed by atoms with Gasteiger partial charge in [-0.05, 0) is 56.2 Å². The molecule has 0 saturated carbocycles. The Morgan fingerprint density at radius 1 is 1.06 bits per heavy atom. The molecule has 1 atom stereocenters. The third kappa shape index (κ3) is 4.74. The third-order valence-corrected chi connectivity index (χ3v) is 6.38. The van der Waals surface area contributed by atoms with Crippen molar-refractivity contribution in [3.8, 4) is 0 Å². The summed E-state index contributed by atoms with van der Waals surface area (Å²) in [6, 6.07) is 13.6. The molecule has 2 amide bonds. The van der Waals surface area contributed by atoms with E-state index in [2.05, 4.69) is 0 Å². The van der Waals surface area contributed by atoms with Gasteiger partial charge >= 0.3 is 6.18 Å². The molecule has 1 fully saturated rings. The van der Waals surface area contributed by atoms with Crippen molar-refractivity contribution in [3.05, 3.63) is 71.5 Å². The third-order valence-electron chi connectivity index (χ3n) is 6.38. The van der Waals surface area contributed by atoms with Crippen LogP contribution in [0.5, 0.6) is 0 Å². The van der Waals surface area contributed by atoms with Gasteiger partial charge in [-0.25, -0.2) is 0 Å². The molecule has 0 radical (unpaired) electrons. The number of carbonyl (C=O) groups excluding carboxylic acids is 2. The highest BCUT2D eigenvalue weighted by Gasteiger charge is 2.33. The second-order valence-corrected chi connectivity index (χ2v) is 8.45. The molecule has 1 unspecified atom stereocenters. The van der Waals surface area contributed by atoms with Crippen LogP contribution in [0.2, 0.25) is 0 Å². The number of hydrogen-bond acceptors (Lipinski definition) is 3. The first-order valence-electron chi connectivity index (χ1n) is 10.9. The SMILES string of the molecule is CC(c1cc2ccccc2o1)N(C)C(=O)C1CCN(C(=O)c2ccc(C(F)(F)F)cc2)CC1. The summed E-state index contributed by atoms with van der Waals surface area (Å²) in [5.41, 5.74) is 0.198. The lowest BCUT2D eigenvalue weighted by Gasteiger charge is -2.34. The summed E-state index contributed by atoms with van der Waals surface area (Å²) in [6.07, 6.45) is -3.43. The molecule has 5 nitrogen and oxygen atoms in total. The zero-order valence-electron chi connectivity index (χ0n) is 18.4. The predicted octanol–water partition coefficient (Wildman–Crippen LogP) is 5.52. The number of carbonyl (C=O) groups is 2. The van der Waals surface area contributed by atoms with E-state index < -0.39 is 11.7 Å². The average molecular weight is 458 g/mol. The number of halogens is 3. The lowest BCUT2D eigenvalue weighted by atomic mass is 9.94. The second-order valence-electron chi connectivity index (χ2n) is 8.45. The maximum Gasteiger partial charge on any atom is 0.416 e. The fourth-order valence-electron chi connectivity index (χ4n) is 4.19. The number of piperidine rings is 1. The molecule has 2 aromatic carbocycles. The highest BCUT2D eigenvalue weighted by Crippen LogP contribution is 2.31. The molecule has 33 heavy (non-hydrogen) atoms. The van der Waals surface area contributed by atoms with Crippen LogP contribution in [0.4, 0.5) is 13.2 Å². The minimum absolute atomic E-state index is 0.00964. The number of alkyl halides is 3. The molecule has 8 heteroatoms. The Hall–Kier alpha value is -3.29. The smallest absolute Gasteiger partial charge is 0.416 e.